The van der Waals surface area contributed by atoms with Crippen molar-refractivity contribution in [3.8, 4) is 18.1 Å². The second-order valence-electron chi connectivity index (χ2n) is 7.28. The predicted octanol–water partition coefficient (Wildman–Crippen LogP) is 4.38. The van der Waals surface area contributed by atoms with Crippen molar-refractivity contribution in [2.24, 2.45) is 0 Å². The highest BCUT2D eigenvalue weighted by molar-refractivity contribution is 5.55. The Morgan fingerprint density at radius 3 is 2.47 bits per heavy atom. The van der Waals surface area contributed by atoms with Crippen LogP contribution >= 0.6 is 0 Å². The molecule has 0 spiro atoms. The average molecular weight is 254 g/mol. The van der Waals surface area contributed by atoms with Crippen molar-refractivity contribution in [2.45, 2.75) is 63.9 Å². The second-order valence-corrected chi connectivity index (χ2v) is 7.28. The van der Waals surface area contributed by atoms with Gasteiger partial charge in [-0.2, -0.15) is 0 Å². The molecule has 0 amide bonds. The van der Waals surface area contributed by atoms with Crippen molar-refractivity contribution >= 4 is 0 Å². The summed E-state index contributed by atoms with van der Waals surface area (Å²) in [6.07, 6.45) is 9.18. The highest BCUT2D eigenvalue weighted by atomic mass is 16.5. The molecular formula is C18H22O. The lowest BCUT2D eigenvalue weighted by Gasteiger charge is -2.43. The summed E-state index contributed by atoms with van der Waals surface area (Å²) in [6, 6.07) is 4.31. The van der Waals surface area contributed by atoms with Crippen LogP contribution in [0.1, 0.15) is 69.6 Å². The van der Waals surface area contributed by atoms with E-state index >= 15 is 0 Å². The molecule has 0 N–H and O–H groups in total. The molecule has 0 bridgehead atoms. The summed E-state index contributed by atoms with van der Waals surface area (Å²) < 4.78 is 6.32. The Morgan fingerprint density at radius 2 is 1.89 bits per heavy atom. The molecule has 1 aromatic rings. The summed E-state index contributed by atoms with van der Waals surface area (Å²) in [5.74, 6) is 4.58. The molecule has 100 valence electrons. The van der Waals surface area contributed by atoms with Gasteiger partial charge in [-0.1, -0.05) is 19.8 Å². The van der Waals surface area contributed by atoms with Gasteiger partial charge in [-0.3, -0.25) is 0 Å². The summed E-state index contributed by atoms with van der Waals surface area (Å²) in [7, 11) is 0. The molecule has 1 heterocycles. The Hall–Kier alpha value is -1.42. The third-order valence-corrected chi connectivity index (χ3v) is 4.28. The zero-order valence-corrected chi connectivity index (χ0v) is 12.3. The lowest BCUT2D eigenvalue weighted by atomic mass is 9.72. The van der Waals surface area contributed by atoms with E-state index in [1.54, 1.807) is 0 Å². The van der Waals surface area contributed by atoms with Gasteiger partial charge in [0.15, 0.2) is 0 Å². The second kappa shape index (κ2) is 3.79. The number of ether oxygens (including phenoxy) is 1. The summed E-state index contributed by atoms with van der Waals surface area (Å²) in [4.78, 5) is 0. The molecule has 0 unspecified atom stereocenters. The largest absolute Gasteiger partial charge is 0.487 e. The Kier molecular flexibility index (Phi) is 2.52. The van der Waals surface area contributed by atoms with Gasteiger partial charge in [0.2, 0.25) is 0 Å². The van der Waals surface area contributed by atoms with E-state index in [0.29, 0.717) is 5.92 Å². The SMILES string of the molecule is C#Cc1cc(C2CC2)c2c(c1)C(C)(C)CC(C)(C)O2. The fourth-order valence-electron chi connectivity index (χ4n) is 3.52. The molecule has 0 saturated heterocycles. The Balaban J connectivity index is 2.22. The highest BCUT2D eigenvalue weighted by Crippen LogP contribution is 2.52. The van der Waals surface area contributed by atoms with E-state index in [1.165, 1.54) is 24.0 Å². The van der Waals surface area contributed by atoms with Gasteiger partial charge in [0.05, 0.1) is 0 Å². The van der Waals surface area contributed by atoms with Crippen LogP contribution in [0.4, 0.5) is 0 Å². The van der Waals surface area contributed by atoms with E-state index in [-0.39, 0.29) is 11.0 Å². The lowest BCUT2D eigenvalue weighted by molar-refractivity contribution is 0.0521. The van der Waals surface area contributed by atoms with Crippen LogP contribution in [0.3, 0.4) is 0 Å². The maximum atomic E-state index is 6.32. The minimum Gasteiger partial charge on any atom is -0.487 e. The molecule has 1 saturated carbocycles. The van der Waals surface area contributed by atoms with Crippen LogP contribution in [-0.4, -0.2) is 5.60 Å². The predicted molar refractivity (Wildman–Crippen MR) is 78.7 cm³/mol. The Labute approximate surface area is 116 Å². The molecule has 3 rings (SSSR count). The first kappa shape index (κ1) is 12.6. The van der Waals surface area contributed by atoms with Crippen LogP contribution in [0, 0.1) is 12.3 Å². The highest BCUT2D eigenvalue weighted by Gasteiger charge is 2.42. The van der Waals surface area contributed by atoms with Gasteiger partial charge in [0.25, 0.3) is 0 Å². The van der Waals surface area contributed by atoms with Crippen molar-refractivity contribution < 1.29 is 4.74 Å². The molecular weight excluding hydrogens is 232 g/mol. The van der Waals surface area contributed by atoms with Gasteiger partial charge in [0.1, 0.15) is 11.4 Å². The van der Waals surface area contributed by atoms with Gasteiger partial charge in [-0.25, -0.2) is 0 Å². The molecule has 0 radical (unpaired) electrons. The molecule has 2 aliphatic rings. The number of fused-ring (bicyclic) bond motifs is 1. The van der Waals surface area contributed by atoms with E-state index in [2.05, 4.69) is 45.7 Å². The average Bonchev–Trinajstić information content (AvgIpc) is 3.09. The maximum Gasteiger partial charge on any atom is 0.127 e. The van der Waals surface area contributed by atoms with Crippen LogP contribution in [0.15, 0.2) is 12.1 Å². The minimum atomic E-state index is -0.0994. The third-order valence-electron chi connectivity index (χ3n) is 4.28. The van der Waals surface area contributed by atoms with Crippen molar-refractivity contribution in [1.82, 2.24) is 0 Å². The van der Waals surface area contributed by atoms with Crippen LogP contribution in [0.5, 0.6) is 5.75 Å². The standard InChI is InChI=1S/C18H22O/c1-6-12-9-14(13-7-8-13)16-15(10-12)17(2,3)11-18(4,5)19-16/h1,9-10,13H,7-8,11H2,2-5H3. The van der Waals surface area contributed by atoms with E-state index in [0.717, 1.165) is 17.7 Å². The Bertz CT molecular complexity index is 568. The van der Waals surface area contributed by atoms with E-state index in [1.807, 2.05) is 0 Å². The smallest absolute Gasteiger partial charge is 0.127 e. The van der Waals surface area contributed by atoms with E-state index in [4.69, 9.17) is 11.2 Å². The number of benzene rings is 1. The maximum absolute atomic E-state index is 6.32. The molecule has 0 atom stereocenters. The summed E-state index contributed by atoms with van der Waals surface area (Å²) in [5, 5.41) is 0. The fourth-order valence-corrected chi connectivity index (χ4v) is 3.52. The molecule has 1 heteroatoms. The van der Waals surface area contributed by atoms with E-state index in [9.17, 15) is 0 Å². The summed E-state index contributed by atoms with van der Waals surface area (Å²) >= 11 is 0. The van der Waals surface area contributed by atoms with Crippen molar-refractivity contribution in [1.29, 1.82) is 0 Å². The van der Waals surface area contributed by atoms with Gasteiger partial charge < -0.3 is 4.74 Å². The molecule has 1 aliphatic carbocycles. The van der Waals surface area contributed by atoms with Gasteiger partial charge in [-0.15, -0.1) is 6.42 Å². The van der Waals surface area contributed by atoms with Gasteiger partial charge >= 0.3 is 0 Å². The lowest BCUT2D eigenvalue weighted by Crippen LogP contribution is -2.41. The molecule has 1 aromatic carbocycles. The minimum absolute atomic E-state index is 0.0994. The molecule has 19 heavy (non-hydrogen) atoms. The number of hydrogen-bond acceptors (Lipinski definition) is 1. The van der Waals surface area contributed by atoms with Crippen LogP contribution in [0.25, 0.3) is 0 Å². The number of hydrogen-bond donors (Lipinski definition) is 0. The summed E-state index contributed by atoms with van der Waals surface area (Å²) in [5.41, 5.74) is 3.65. The van der Waals surface area contributed by atoms with Crippen LogP contribution < -0.4 is 4.74 Å². The van der Waals surface area contributed by atoms with Crippen molar-refractivity contribution in [3.63, 3.8) is 0 Å². The monoisotopic (exact) mass is 254 g/mol. The topological polar surface area (TPSA) is 9.23 Å². The first-order valence-corrected chi connectivity index (χ1v) is 7.16. The van der Waals surface area contributed by atoms with E-state index < -0.39 is 0 Å². The van der Waals surface area contributed by atoms with Gasteiger partial charge in [-0.05, 0) is 62.1 Å². The van der Waals surface area contributed by atoms with Crippen LogP contribution in [-0.2, 0) is 5.41 Å². The first-order chi connectivity index (χ1) is 8.82. The normalized spacial score (nSPS) is 23.1. The molecule has 1 aliphatic heterocycles. The zero-order chi connectivity index (χ0) is 13.8. The molecule has 1 nitrogen and oxygen atoms in total. The third kappa shape index (κ3) is 2.14. The fraction of sp³-hybridized carbons (Fsp3) is 0.556. The van der Waals surface area contributed by atoms with Crippen molar-refractivity contribution in [3.05, 3.63) is 28.8 Å². The number of rotatable bonds is 1. The summed E-state index contributed by atoms with van der Waals surface area (Å²) in [6.45, 7) is 8.97. The molecule has 1 fully saturated rings. The van der Waals surface area contributed by atoms with Crippen LogP contribution in [0.2, 0.25) is 0 Å². The molecule has 0 aromatic heterocycles. The first-order valence-electron chi connectivity index (χ1n) is 7.16. The Morgan fingerprint density at radius 1 is 1.21 bits per heavy atom. The quantitative estimate of drug-likeness (QED) is 0.676. The van der Waals surface area contributed by atoms with Gasteiger partial charge in [0, 0.05) is 11.1 Å². The zero-order valence-electron chi connectivity index (χ0n) is 12.3. The number of terminal acetylenes is 1. The van der Waals surface area contributed by atoms with Crippen molar-refractivity contribution in [2.75, 3.05) is 0 Å².